The second kappa shape index (κ2) is 9.58. The summed E-state index contributed by atoms with van der Waals surface area (Å²) >= 11 is 0. The fourth-order valence-corrected chi connectivity index (χ4v) is 2.00. The minimum atomic E-state index is -0.761. The van der Waals surface area contributed by atoms with Crippen LogP contribution in [0, 0.1) is 11.8 Å². The number of rotatable bonds is 5. The molecule has 0 aromatic heterocycles. The minimum absolute atomic E-state index is 0.408. The summed E-state index contributed by atoms with van der Waals surface area (Å²) in [5, 5.41) is 2.54. The Kier molecular flexibility index (Phi) is 7.80. The first-order chi connectivity index (χ1) is 11.7. The molecule has 1 rings (SSSR count). The van der Waals surface area contributed by atoms with E-state index in [-0.39, 0.29) is 0 Å². The second-order valence-corrected chi connectivity index (χ2v) is 6.50. The monoisotopic (exact) mass is 346 g/mol. The molecule has 6 heteroatoms. The van der Waals surface area contributed by atoms with Crippen molar-refractivity contribution in [3.8, 4) is 11.8 Å². The van der Waals surface area contributed by atoms with Crippen molar-refractivity contribution < 1.29 is 19.1 Å². The molecule has 0 aliphatic heterocycles. The van der Waals surface area contributed by atoms with Crippen molar-refractivity contribution in [3.63, 3.8) is 0 Å². The lowest BCUT2D eigenvalue weighted by Gasteiger charge is -2.22. The zero-order chi connectivity index (χ0) is 18.9. The van der Waals surface area contributed by atoms with Gasteiger partial charge in [0.15, 0.2) is 0 Å². The molecule has 3 N–H and O–H groups in total. The summed E-state index contributed by atoms with van der Waals surface area (Å²) in [5.41, 5.74) is 6.60. The van der Waals surface area contributed by atoms with Crippen molar-refractivity contribution in [2.45, 2.75) is 51.7 Å². The molecule has 0 saturated heterocycles. The van der Waals surface area contributed by atoms with E-state index >= 15 is 0 Å². The zero-order valence-corrected chi connectivity index (χ0v) is 15.2. The Morgan fingerprint density at radius 3 is 2.56 bits per heavy atom. The number of benzene rings is 1. The van der Waals surface area contributed by atoms with Gasteiger partial charge < -0.3 is 20.5 Å². The number of nitrogens with one attached hydrogen (secondary N) is 1. The van der Waals surface area contributed by atoms with Crippen molar-refractivity contribution in [2.24, 2.45) is 0 Å². The summed E-state index contributed by atoms with van der Waals surface area (Å²) < 4.78 is 9.89. The van der Waals surface area contributed by atoms with E-state index in [1.165, 1.54) is 7.11 Å². The standard InChI is InChI=1S/C19H26N2O4/c1-19(2,3)25-18(23)21-16(17(22)24-4)13-7-5-6-10-14-11-8-9-12-15(14)20/h8-9,11-12,16H,5,7,13,20H2,1-4H3,(H,21,23)/t16-/m0/s1. The molecule has 0 fully saturated rings. The molecule has 6 nitrogen and oxygen atoms in total. The van der Waals surface area contributed by atoms with Crippen molar-refractivity contribution in [2.75, 3.05) is 12.8 Å². The van der Waals surface area contributed by atoms with Gasteiger partial charge in [-0.05, 0) is 45.7 Å². The Bertz CT molecular complexity index is 653. The number of esters is 1. The van der Waals surface area contributed by atoms with Crippen LogP contribution in [0.15, 0.2) is 24.3 Å². The average molecular weight is 346 g/mol. The summed E-state index contributed by atoms with van der Waals surface area (Å²) in [7, 11) is 1.28. The van der Waals surface area contributed by atoms with Gasteiger partial charge in [-0.25, -0.2) is 9.59 Å². The number of alkyl carbamates (subject to hydrolysis) is 1. The van der Waals surface area contributed by atoms with Crippen LogP contribution in [0.2, 0.25) is 0 Å². The van der Waals surface area contributed by atoms with Crippen LogP contribution in [-0.2, 0) is 14.3 Å². The average Bonchev–Trinajstić information content (AvgIpc) is 2.52. The normalized spacial score (nSPS) is 11.7. The molecule has 136 valence electrons. The maximum Gasteiger partial charge on any atom is 0.408 e. The number of methoxy groups -OCH3 is 1. The van der Waals surface area contributed by atoms with Crippen LogP contribution in [0.4, 0.5) is 10.5 Å². The number of hydrogen-bond donors (Lipinski definition) is 2. The van der Waals surface area contributed by atoms with Crippen molar-refractivity contribution in [1.29, 1.82) is 0 Å². The molecule has 0 aliphatic carbocycles. The Labute approximate surface area is 149 Å². The lowest BCUT2D eigenvalue weighted by atomic mass is 10.1. The number of carbonyl (C=O) groups excluding carboxylic acids is 2. The number of carbonyl (C=O) groups is 2. The fourth-order valence-electron chi connectivity index (χ4n) is 2.00. The van der Waals surface area contributed by atoms with Crippen LogP contribution < -0.4 is 11.1 Å². The van der Waals surface area contributed by atoms with Gasteiger partial charge in [0.05, 0.1) is 7.11 Å². The number of nitrogen functional groups attached to an aromatic ring is 1. The number of ether oxygens (including phenoxy) is 2. The third-order valence-electron chi connectivity index (χ3n) is 3.16. The summed E-state index contributed by atoms with van der Waals surface area (Å²) in [6.07, 6.45) is 0.948. The van der Waals surface area contributed by atoms with Crippen molar-refractivity contribution in [3.05, 3.63) is 29.8 Å². The van der Waals surface area contributed by atoms with E-state index in [1.54, 1.807) is 26.8 Å². The first kappa shape index (κ1) is 20.4. The lowest BCUT2D eigenvalue weighted by molar-refractivity contribution is -0.143. The maximum atomic E-state index is 11.8. The van der Waals surface area contributed by atoms with E-state index in [0.717, 1.165) is 5.56 Å². The Morgan fingerprint density at radius 1 is 1.28 bits per heavy atom. The predicted molar refractivity (Wildman–Crippen MR) is 96.8 cm³/mol. The van der Waals surface area contributed by atoms with Crippen LogP contribution >= 0.6 is 0 Å². The highest BCUT2D eigenvalue weighted by Gasteiger charge is 2.24. The SMILES string of the molecule is COC(=O)[C@H](CCCC#Cc1ccccc1N)NC(=O)OC(C)(C)C. The lowest BCUT2D eigenvalue weighted by Crippen LogP contribution is -2.44. The molecule has 0 aliphatic rings. The molecular weight excluding hydrogens is 320 g/mol. The van der Waals surface area contributed by atoms with Crippen LogP contribution in [0.5, 0.6) is 0 Å². The molecule has 25 heavy (non-hydrogen) atoms. The molecule has 0 heterocycles. The van der Waals surface area contributed by atoms with Gasteiger partial charge in [0.2, 0.25) is 0 Å². The second-order valence-electron chi connectivity index (χ2n) is 6.50. The zero-order valence-electron chi connectivity index (χ0n) is 15.2. The van der Waals surface area contributed by atoms with E-state index < -0.39 is 23.7 Å². The fraction of sp³-hybridized carbons (Fsp3) is 0.474. The topological polar surface area (TPSA) is 90.6 Å². The van der Waals surface area contributed by atoms with Gasteiger partial charge in [-0.2, -0.15) is 0 Å². The van der Waals surface area contributed by atoms with Crippen LogP contribution in [0.25, 0.3) is 0 Å². The first-order valence-electron chi connectivity index (χ1n) is 8.13. The third-order valence-corrected chi connectivity index (χ3v) is 3.16. The van der Waals surface area contributed by atoms with Gasteiger partial charge in [0, 0.05) is 17.7 Å². The first-order valence-corrected chi connectivity index (χ1v) is 8.13. The largest absolute Gasteiger partial charge is 0.467 e. The van der Waals surface area contributed by atoms with Crippen molar-refractivity contribution in [1.82, 2.24) is 5.32 Å². The molecule has 1 aromatic carbocycles. The molecule has 0 bridgehead atoms. The quantitative estimate of drug-likeness (QED) is 0.370. The number of hydrogen-bond acceptors (Lipinski definition) is 5. The van der Waals surface area contributed by atoms with Gasteiger partial charge in [0.25, 0.3) is 0 Å². The molecule has 1 aromatic rings. The predicted octanol–water partition coefficient (Wildman–Crippen LogP) is 2.86. The summed E-state index contributed by atoms with van der Waals surface area (Å²) in [6.45, 7) is 5.26. The Hall–Kier alpha value is -2.68. The number of para-hydroxylation sites is 1. The highest BCUT2D eigenvalue weighted by atomic mass is 16.6. The van der Waals surface area contributed by atoms with E-state index in [2.05, 4.69) is 17.2 Å². The molecular formula is C19H26N2O4. The summed E-state index contributed by atoms with van der Waals surface area (Å²) in [6, 6.07) is 6.61. The highest BCUT2D eigenvalue weighted by molar-refractivity contribution is 5.81. The smallest absolute Gasteiger partial charge is 0.408 e. The van der Waals surface area contributed by atoms with Gasteiger partial charge in [-0.3, -0.25) is 0 Å². The molecule has 0 radical (unpaired) electrons. The Morgan fingerprint density at radius 2 is 1.96 bits per heavy atom. The Balaban J connectivity index is 2.53. The van der Waals surface area contributed by atoms with Gasteiger partial charge >= 0.3 is 12.1 Å². The van der Waals surface area contributed by atoms with Gasteiger partial charge in [-0.1, -0.05) is 24.0 Å². The van der Waals surface area contributed by atoms with Crippen molar-refractivity contribution >= 4 is 17.7 Å². The third kappa shape index (κ3) is 8.11. The molecule has 0 unspecified atom stereocenters. The number of anilines is 1. The molecule has 1 atom stereocenters. The van der Waals surface area contributed by atoms with Gasteiger partial charge in [0.1, 0.15) is 11.6 Å². The molecule has 0 saturated carbocycles. The summed E-state index contributed by atoms with van der Waals surface area (Å²) in [5.74, 6) is 5.51. The maximum absolute atomic E-state index is 11.8. The molecule has 0 spiro atoms. The van der Waals surface area contributed by atoms with E-state index in [9.17, 15) is 9.59 Å². The highest BCUT2D eigenvalue weighted by Crippen LogP contribution is 2.10. The summed E-state index contributed by atoms with van der Waals surface area (Å²) in [4.78, 5) is 23.6. The minimum Gasteiger partial charge on any atom is -0.467 e. The van der Waals surface area contributed by atoms with E-state index in [4.69, 9.17) is 15.2 Å². The number of nitrogens with two attached hydrogens (primary N) is 1. The van der Waals surface area contributed by atoms with Crippen LogP contribution in [0.3, 0.4) is 0 Å². The van der Waals surface area contributed by atoms with Gasteiger partial charge in [-0.15, -0.1) is 0 Å². The molecule has 1 amide bonds. The van der Waals surface area contributed by atoms with Crippen LogP contribution in [-0.4, -0.2) is 30.8 Å². The number of amides is 1. The van der Waals surface area contributed by atoms with E-state index in [0.29, 0.717) is 24.9 Å². The number of unbranched alkanes of at least 4 members (excludes halogenated alkanes) is 1. The van der Waals surface area contributed by atoms with E-state index in [1.807, 2.05) is 18.2 Å². The van der Waals surface area contributed by atoms with Crippen LogP contribution in [0.1, 0.15) is 45.6 Å².